The lowest BCUT2D eigenvalue weighted by molar-refractivity contribution is -0.385. The summed E-state index contributed by atoms with van der Waals surface area (Å²) in [4.78, 5) is 11.1. The van der Waals surface area contributed by atoms with Crippen molar-refractivity contribution in [3.05, 3.63) is 45.5 Å². The topological polar surface area (TPSA) is 89.3 Å². The zero-order valence-electron chi connectivity index (χ0n) is 17.3. The zero-order valence-corrected chi connectivity index (χ0v) is 18.9. The molecule has 1 aliphatic rings. The SMILES string of the molecule is COc1cc(C2CSC(c3cc(OC)c(OC)c([N+](=O)[O-])c3)S2)cc(OC)c1OC. The lowest BCUT2D eigenvalue weighted by Gasteiger charge is -2.17. The molecule has 30 heavy (non-hydrogen) atoms. The van der Waals surface area contributed by atoms with Gasteiger partial charge in [-0.2, -0.15) is 0 Å². The molecule has 162 valence electrons. The minimum Gasteiger partial charge on any atom is -0.493 e. The Labute approximate surface area is 183 Å². The van der Waals surface area contributed by atoms with Crippen LogP contribution in [0.15, 0.2) is 24.3 Å². The molecule has 0 bridgehead atoms. The van der Waals surface area contributed by atoms with Gasteiger partial charge in [-0.05, 0) is 29.3 Å². The van der Waals surface area contributed by atoms with E-state index in [0.29, 0.717) is 23.0 Å². The van der Waals surface area contributed by atoms with E-state index in [0.717, 1.165) is 16.9 Å². The molecule has 0 radical (unpaired) electrons. The zero-order chi connectivity index (χ0) is 21.8. The Morgan fingerprint density at radius 3 is 1.87 bits per heavy atom. The van der Waals surface area contributed by atoms with Gasteiger partial charge in [-0.15, -0.1) is 23.5 Å². The van der Waals surface area contributed by atoms with Crippen LogP contribution in [-0.2, 0) is 0 Å². The van der Waals surface area contributed by atoms with E-state index in [-0.39, 0.29) is 21.3 Å². The summed E-state index contributed by atoms with van der Waals surface area (Å²) >= 11 is 3.43. The van der Waals surface area contributed by atoms with Crippen molar-refractivity contribution in [3.63, 3.8) is 0 Å². The fourth-order valence-electron chi connectivity index (χ4n) is 3.28. The van der Waals surface area contributed by atoms with Crippen molar-refractivity contribution in [2.24, 2.45) is 0 Å². The fraction of sp³-hybridized carbons (Fsp3) is 0.400. The van der Waals surface area contributed by atoms with E-state index in [9.17, 15) is 10.1 Å². The van der Waals surface area contributed by atoms with Crippen LogP contribution in [0.5, 0.6) is 28.7 Å². The van der Waals surface area contributed by atoms with Gasteiger partial charge in [0.2, 0.25) is 11.5 Å². The number of nitro benzene ring substituents is 1. The average molecular weight is 454 g/mol. The molecule has 1 saturated heterocycles. The first-order valence-corrected chi connectivity index (χ1v) is 10.9. The Morgan fingerprint density at radius 2 is 1.37 bits per heavy atom. The summed E-state index contributed by atoms with van der Waals surface area (Å²) in [5, 5.41) is 11.7. The van der Waals surface area contributed by atoms with E-state index in [4.69, 9.17) is 23.7 Å². The van der Waals surface area contributed by atoms with Crippen molar-refractivity contribution in [1.82, 2.24) is 0 Å². The number of hydrogen-bond acceptors (Lipinski definition) is 9. The number of ether oxygens (including phenoxy) is 5. The van der Waals surface area contributed by atoms with E-state index in [1.807, 2.05) is 12.1 Å². The van der Waals surface area contributed by atoms with Gasteiger partial charge in [0.25, 0.3) is 0 Å². The number of benzene rings is 2. The summed E-state index contributed by atoms with van der Waals surface area (Å²) in [7, 11) is 7.61. The fourth-order valence-corrected chi connectivity index (χ4v) is 6.53. The highest BCUT2D eigenvalue weighted by Gasteiger charge is 2.33. The van der Waals surface area contributed by atoms with E-state index >= 15 is 0 Å². The first-order valence-electron chi connectivity index (χ1n) is 8.94. The molecular formula is C20H23NO7S2. The predicted molar refractivity (Wildman–Crippen MR) is 118 cm³/mol. The van der Waals surface area contributed by atoms with Crippen LogP contribution in [0.25, 0.3) is 0 Å². The quantitative estimate of drug-likeness (QED) is 0.411. The summed E-state index contributed by atoms with van der Waals surface area (Å²) in [5.74, 6) is 3.05. The molecule has 2 unspecified atom stereocenters. The van der Waals surface area contributed by atoms with Gasteiger partial charge in [0, 0.05) is 17.1 Å². The molecule has 2 aromatic rings. The molecule has 2 aromatic carbocycles. The first-order chi connectivity index (χ1) is 14.5. The lowest BCUT2D eigenvalue weighted by Crippen LogP contribution is -2.00. The molecule has 3 rings (SSSR count). The summed E-state index contributed by atoms with van der Waals surface area (Å²) < 4.78 is 26.8. The van der Waals surface area contributed by atoms with Crippen molar-refractivity contribution in [2.45, 2.75) is 9.83 Å². The third kappa shape index (κ3) is 4.20. The lowest BCUT2D eigenvalue weighted by atomic mass is 10.1. The Morgan fingerprint density at radius 1 is 0.833 bits per heavy atom. The first kappa shape index (κ1) is 22.2. The number of nitro groups is 1. The smallest absolute Gasteiger partial charge is 0.315 e. The van der Waals surface area contributed by atoms with Crippen molar-refractivity contribution in [1.29, 1.82) is 0 Å². The van der Waals surface area contributed by atoms with E-state index in [1.54, 1.807) is 57.0 Å². The van der Waals surface area contributed by atoms with Gasteiger partial charge in [-0.1, -0.05) is 0 Å². The largest absolute Gasteiger partial charge is 0.493 e. The Kier molecular flexibility index (Phi) is 7.09. The maximum Gasteiger partial charge on any atom is 0.315 e. The van der Waals surface area contributed by atoms with Gasteiger partial charge in [0.15, 0.2) is 17.2 Å². The monoisotopic (exact) mass is 453 g/mol. The highest BCUT2D eigenvalue weighted by atomic mass is 32.2. The third-order valence-electron chi connectivity index (χ3n) is 4.70. The van der Waals surface area contributed by atoms with E-state index in [2.05, 4.69) is 0 Å². The predicted octanol–water partition coefficient (Wildman–Crippen LogP) is 4.86. The van der Waals surface area contributed by atoms with Crippen LogP contribution in [0.3, 0.4) is 0 Å². The summed E-state index contributed by atoms with van der Waals surface area (Å²) in [6.45, 7) is 0. The standard InChI is InChI=1S/C20H23NO7S2/c1-24-14-9-12(6-13(21(22)23)18(14)27-4)20-29-10-17(30-20)11-7-15(25-2)19(28-5)16(8-11)26-3/h6-9,17,20H,10H2,1-5H3. The third-order valence-corrected chi connectivity index (χ3v) is 8.04. The molecule has 0 spiro atoms. The highest BCUT2D eigenvalue weighted by molar-refractivity contribution is 8.19. The molecule has 0 saturated carbocycles. The minimum atomic E-state index is -0.453. The van der Waals surface area contributed by atoms with E-state index in [1.165, 1.54) is 14.2 Å². The molecule has 1 fully saturated rings. The van der Waals surface area contributed by atoms with Gasteiger partial charge in [-0.25, -0.2) is 0 Å². The summed E-state index contributed by atoms with van der Waals surface area (Å²) in [5.41, 5.74) is 1.74. The minimum absolute atomic E-state index is 0.00703. The molecule has 0 aliphatic carbocycles. The molecule has 0 aromatic heterocycles. The Balaban J connectivity index is 1.92. The number of methoxy groups -OCH3 is 5. The van der Waals surface area contributed by atoms with Gasteiger partial charge in [0.05, 0.1) is 45.1 Å². The van der Waals surface area contributed by atoms with Crippen LogP contribution < -0.4 is 23.7 Å². The van der Waals surface area contributed by atoms with Gasteiger partial charge >= 0.3 is 5.69 Å². The second-order valence-corrected chi connectivity index (χ2v) is 9.03. The van der Waals surface area contributed by atoms with Crippen molar-refractivity contribution in [3.8, 4) is 28.7 Å². The maximum absolute atomic E-state index is 11.5. The number of rotatable bonds is 8. The normalized spacial score (nSPS) is 18.0. The van der Waals surface area contributed by atoms with Crippen LogP contribution in [-0.4, -0.2) is 46.2 Å². The van der Waals surface area contributed by atoms with Crippen molar-refractivity contribution >= 4 is 29.2 Å². The van der Waals surface area contributed by atoms with E-state index < -0.39 is 4.92 Å². The molecule has 1 aliphatic heterocycles. The Bertz CT molecular complexity index is 913. The number of hydrogen-bond donors (Lipinski definition) is 0. The van der Waals surface area contributed by atoms with Crippen LogP contribution in [0.1, 0.15) is 21.0 Å². The summed E-state index contributed by atoms with van der Waals surface area (Å²) in [6.07, 6.45) is 0. The average Bonchev–Trinajstić information content (AvgIpc) is 3.27. The van der Waals surface area contributed by atoms with Gasteiger partial charge in [0.1, 0.15) is 0 Å². The van der Waals surface area contributed by atoms with Gasteiger partial charge < -0.3 is 23.7 Å². The second kappa shape index (κ2) is 9.57. The molecule has 2 atom stereocenters. The van der Waals surface area contributed by atoms with Crippen molar-refractivity contribution < 1.29 is 28.6 Å². The number of thioether (sulfide) groups is 2. The van der Waals surface area contributed by atoms with Crippen LogP contribution in [0.2, 0.25) is 0 Å². The van der Waals surface area contributed by atoms with Crippen LogP contribution in [0, 0.1) is 10.1 Å². The maximum atomic E-state index is 11.5. The van der Waals surface area contributed by atoms with Crippen LogP contribution in [0.4, 0.5) is 5.69 Å². The molecule has 0 amide bonds. The van der Waals surface area contributed by atoms with Crippen molar-refractivity contribution in [2.75, 3.05) is 41.3 Å². The Hall–Kier alpha value is -2.46. The molecule has 1 heterocycles. The molecule has 8 nitrogen and oxygen atoms in total. The highest BCUT2D eigenvalue weighted by Crippen LogP contribution is 2.58. The molecule has 10 heteroatoms. The summed E-state index contributed by atoms with van der Waals surface area (Å²) in [6, 6.07) is 7.25. The number of nitrogens with zero attached hydrogens (tertiary/aromatic N) is 1. The molecule has 0 N–H and O–H groups in total. The van der Waals surface area contributed by atoms with Gasteiger partial charge in [-0.3, -0.25) is 10.1 Å². The second-order valence-electron chi connectivity index (χ2n) is 6.28. The van der Waals surface area contributed by atoms with Crippen LogP contribution >= 0.6 is 23.5 Å². The molecular weight excluding hydrogens is 430 g/mol.